The van der Waals surface area contributed by atoms with Gasteiger partial charge in [-0.25, -0.2) is 4.39 Å². The van der Waals surface area contributed by atoms with Gasteiger partial charge in [-0.15, -0.1) is 0 Å². The third-order valence-corrected chi connectivity index (χ3v) is 4.78. The van der Waals surface area contributed by atoms with E-state index >= 15 is 0 Å². The standard InChI is InChI=1S/C12H5Cl5FN/c13-8-7(6-4(18)2-1-3-5(6)19)9(14)11(16)12(17)10(8)15/h1-3H,19H2. The second kappa shape index (κ2) is 5.55. The van der Waals surface area contributed by atoms with Gasteiger partial charge in [0.05, 0.1) is 25.1 Å². The SMILES string of the molecule is Nc1cccc(F)c1-c1c(Cl)c(Cl)c(Cl)c(Cl)c1Cl. The van der Waals surface area contributed by atoms with Crippen LogP contribution in [0.5, 0.6) is 0 Å². The quantitative estimate of drug-likeness (QED) is 0.359. The summed E-state index contributed by atoms with van der Waals surface area (Å²) < 4.78 is 13.9. The van der Waals surface area contributed by atoms with Gasteiger partial charge in [-0.05, 0) is 12.1 Å². The van der Waals surface area contributed by atoms with Crippen molar-refractivity contribution in [2.24, 2.45) is 0 Å². The lowest BCUT2D eigenvalue weighted by Gasteiger charge is -2.14. The van der Waals surface area contributed by atoms with E-state index in [2.05, 4.69) is 0 Å². The van der Waals surface area contributed by atoms with Gasteiger partial charge in [0, 0.05) is 16.8 Å². The molecule has 7 heteroatoms. The molecule has 0 amide bonds. The minimum Gasteiger partial charge on any atom is -0.398 e. The second-order valence-electron chi connectivity index (χ2n) is 3.65. The molecule has 0 aliphatic rings. The Morgan fingerprint density at radius 3 is 1.68 bits per heavy atom. The van der Waals surface area contributed by atoms with Crippen LogP contribution in [-0.2, 0) is 0 Å². The van der Waals surface area contributed by atoms with Gasteiger partial charge >= 0.3 is 0 Å². The minimum absolute atomic E-state index is 0.00198. The van der Waals surface area contributed by atoms with Crippen LogP contribution < -0.4 is 5.73 Å². The molecule has 1 nitrogen and oxygen atoms in total. The first kappa shape index (κ1) is 15.0. The normalized spacial score (nSPS) is 10.8. The summed E-state index contributed by atoms with van der Waals surface area (Å²) >= 11 is 29.9. The molecule has 2 aromatic rings. The molecule has 2 rings (SSSR count). The topological polar surface area (TPSA) is 26.0 Å². The van der Waals surface area contributed by atoms with Crippen LogP contribution in [0.3, 0.4) is 0 Å². The lowest BCUT2D eigenvalue weighted by Crippen LogP contribution is -1.96. The zero-order chi connectivity index (χ0) is 14.3. The Balaban J connectivity index is 2.92. The number of nitrogen functional groups attached to an aromatic ring is 1. The summed E-state index contributed by atoms with van der Waals surface area (Å²) in [5.41, 5.74) is 6.08. The largest absolute Gasteiger partial charge is 0.398 e. The van der Waals surface area contributed by atoms with Crippen LogP contribution in [0.2, 0.25) is 25.1 Å². The molecule has 19 heavy (non-hydrogen) atoms. The van der Waals surface area contributed by atoms with E-state index in [0.29, 0.717) is 0 Å². The van der Waals surface area contributed by atoms with Gasteiger partial charge in [-0.2, -0.15) is 0 Å². The summed E-state index contributed by atoms with van der Waals surface area (Å²) in [6.07, 6.45) is 0. The summed E-state index contributed by atoms with van der Waals surface area (Å²) in [5, 5.41) is -0.00139. The van der Waals surface area contributed by atoms with Crippen molar-refractivity contribution in [1.29, 1.82) is 0 Å². The molecule has 0 bridgehead atoms. The smallest absolute Gasteiger partial charge is 0.133 e. The average Bonchev–Trinajstić information content (AvgIpc) is 2.37. The fourth-order valence-corrected chi connectivity index (χ4v) is 2.96. The van der Waals surface area contributed by atoms with Crippen molar-refractivity contribution in [2.75, 3.05) is 5.73 Å². The Kier molecular flexibility index (Phi) is 4.38. The van der Waals surface area contributed by atoms with E-state index < -0.39 is 5.82 Å². The molecule has 0 aliphatic carbocycles. The fraction of sp³-hybridized carbons (Fsp3) is 0. The van der Waals surface area contributed by atoms with E-state index in [9.17, 15) is 4.39 Å². The maximum Gasteiger partial charge on any atom is 0.133 e. The molecule has 2 aromatic carbocycles. The highest BCUT2D eigenvalue weighted by Gasteiger charge is 2.23. The van der Waals surface area contributed by atoms with Crippen LogP contribution in [-0.4, -0.2) is 0 Å². The van der Waals surface area contributed by atoms with Crippen LogP contribution in [0.4, 0.5) is 10.1 Å². The van der Waals surface area contributed by atoms with E-state index in [0.717, 1.165) is 0 Å². The van der Waals surface area contributed by atoms with Gasteiger partial charge in [0.15, 0.2) is 0 Å². The molecule has 0 heterocycles. The molecular weight excluding hydrogens is 354 g/mol. The molecule has 0 saturated carbocycles. The molecule has 0 aliphatic heterocycles. The number of nitrogens with two attached hydrogens (primary N) is 1. The summed E-state index contributed by atoms with van der Waals surface area (Å²) in [5.74, 6) is -0.585. The summed E-state index contributed by atoms with van der Waals surface area (Å²) in [7, 11) is 0. The van der Waals surface area contributed by atoms with Crippen molar-refractivity contribution in [3.05, 3.63) is 49.1 Å². The van der Waals surface area contributed by atoms with Crippen molar-refractivity contribution in [1.82, 2.24) is 0 Å². The lowest BCUT2D eigenvalue weighted by atomic mass is 10.0. The first-order valence-corrected chi connectivity index (χ1v) is 6.81. The van der Waals surface area contributed by atoms with Crippen molar-refractivity contribution in [3.8, 4) is 11.1 Å². The van der Waals surface area contributed by atoms with E-state index in [1.165, 1.54) is 18.2 Å². The highest BCUT2D eigenvalue weighted by atomic mass is 35.5. The van der Waals surface area contributed by atoms with Crippen LogP contribution in [0, 0.1) is 5.82 Å². The van der Waals surface area contributed by atoms with Gasteiger partial charge in [-0.3, -0.25) is 0 Å². The molecule has 0 unspecified atom stereocenters. The minimum atomic E-state index is -0.585. The highest BCUT2D eigenvalue weighted by Crippen LogP contribution is 2.49. The van der Waals surface area contributed by atoms with Crippen LogP contribution in [0.1, 0.15) is 0 Å². The molecule has 0 radical (unpaired) electrons. The van der Waals surface area contributed by atoms with Gasteiger partial charge in [0.25, 0.3) is 0 Å². The molecular formula is C12H5Cl5FN. The van der Waals surface area contributed by atoms with E-state index in [1.807, 2.05) is 0 Å². The maximum atomic E-state index is 13.9. The van der Waals surface area contributed by atoms with Gasteiger partial charge in [0.1, 0.15) is 5.82 Å². The third-order valence-electron chi connectivity index (χ3n) is 2.51. The van der Waals surface area contributed by atoms with E-state index in [1.54, 1.807) is 0 Å². The van der Waals surface area contributed by atoms with Crippen molar-refractivity contribution in [2.45, 2.75) is 0 Å². The fourth-order valence-electron chi connectivity index (χ4n) is 1.63. The number of rotatable bonds is 1. The molecule has 0 aromatic heterocycles. The molecule has 0 fully saturated rings. The molecule has 100 valence electrons. The van der Waals surface area contributed by atoms with Crippen molar-refractivity contribution in [3.63, 3.8) is 0 Å². The summed E-state index contributed by atoms with van der Waals surface area (Å²) in [6.45, 7) is 0. The number of halogens is 6. The van der Waals surface area contributed by atoms with Gasteiger partial charge in [-0.1, -0.05) is 64.1 Å². The maximum absolute atomic E-state index is 13.9. The monoisotopic (exact) mass is 357 g/mol. The Labute approximate surface area is 134 Å². The average molecular weight is 359 g/mol. The number of hydrogen-bond donors (Lipinski definition) is 1. The predicted octanol–water partition coefficient (Wildman–Crippen LogP) is 6.34. The molecule has 2 N–H and O–H groups in total. The Morgan fingerprint density at radius 2 is 1.21 bits per heavy atom. The van der Waals surface area contributed by atoms with Crippen LogP contribution in [0.25, 0.3) is 11.1 Å². The molecule has 0 atom stereocenters. The zero-order valence-electron chi connectivity index (χ0n) is 9.08. The third kappa shape index (κ3) is 2.48. The van der Waals surface area contributed by atoms with Crippen LogP contribution in [0.15, 0.2) is 18.2 Å². The predicted molar refractivity (Wildman–Crippen MR) is 81.3 cm³/mol. The van der Waals surface area contributed by atoms with Gasteiger partial charge < -0.3 is 5.73 Å². The zero-order valence-corrected chi connectivity index (χ0v) is 12.9. The van der Waals surface area contributed by atoms with E-state index in [-0.39, 0.29) is 41.9 Å². The second-order valence-corrected chi connectivity index (χ2v) is 5.54. The molecule has 0 saturated heterocycles. The molecule has 0 spiro atoms. The highest BCUT2D eigenvalue weighted by molar-refractivity contribution is 6.56. The first-order chi connectivity index (χ1) is 8.86. The van der Waals surface area contributed by atoms with Crippen molar-refractivity contribution < 1.29 is 4.39 Å². The summed E-state index contributed by atoms with van der Waals surface area (Å²) in [6, 6.07) is 4.21. The summed E-state index contributed by atoms with van der Waals surface area (Å²) in [4.78, 5) is 0. The first-order valence-electron chi connectivity index (χ1n) is 4.92. The van der Waals surface area contributed by atoms with Gasteiger partial charge in [0.2, 0.25) is 0 Å². The number of anilines is 1. The number of benzene rings is 2. The van der Waals surface area contributed by atoms with Crippen molar-refractivity contribution >= 4 is 63.7 Å². The van der Waals surface area contributed by atoms with Crippen LogP contribution >= 0.6 is 58.0 Å². The Morgan fingerprint density at radius 1 is 0.737 bits per heavy atom. The van der Waals surface area contributed by atoms with E-state index in [4.69, 9.17) is 63.7 Å². The lowest BCUT2D eigenvalue weighted by molar-refractivity contribution is 0.632. The number of hydrogen-bond acceptors (Lipinski definition) is 1. The Hall–Kier alpha value is -0.380. The Bertz CT molecular complexity index is 622.